The second-order valence-corrected chi connectivity index (χ2v) is 5.87. The highest BCUT2D eigenvalue weighted by atomic mass is 16.3. The molecule has 25 heavy (non-hydrogen) atoms. The Bertz CT molecular complexity index is 1220. The minimum absolute atomic E-state index is 0.0498. The molecule has 1 aliphatic rings. The number of nitrogens with one attached hydrogen (secondary N) is 1. The van der Waals surface area contributed by atoms with Crippen LogP contribution in [0, 0.1) is 0 Å². The number of aromatic hydroxyl groups is 2. The quantitative estimate of drug-likeness (QED) is 0.536. The lowest BCUT2D eigenvalue weighted by Gasteiger charge is -2.10. The van der Waals surface area contributed by atoms with E-state index in [2.05, 4.69) is 9.97 Å². The van der Waals surface area contributed by atoms with Crippen LogP contribution in [0.4, 0.5) is 0 Å². The SMILES string of the molecule is O=c1[nH]c(O)cc2c1=C(O)CC(=Cc1ccc(O)c3ncccc13)C=2. The first-order chi connectivity index (χ1) is 12.0. The van der Waals surface area contributed by atoms with Crippen LogP contribution < -0.4 is 16.0 Å². The van der Waals surface area contributed by atoms with Crippen LogP contribution in [0.1, 0.15) is 12.0 Å². The van der Waals surface area contributed by atoms with E-state index in [0.29, 0.717) is 10.7 Å². The molecule has 0 bridgehead atoms. The van der Waals surface area contributed by atoms with Gasteiger partial charge in [-0.2, -0.15) is 0 Å². The molecule has 0 aliphatic heterocycles. The van der Waals surface area contributed by atoms with Crippen LogP contribution in [-0.2, 0) is 0 Å². The third-order valence-electron chi connectivity index (χ3n) is 4.17. The summed E-state index contributed by atoms with van der Waals surface area (Å²) in [6, 6.07) is 8.37. The molecule has 0 saturated heterocycles. The molecule has 0 spiro atoms. The largest absolute Gasteiger partial charge is 0.511 e. The molecule has 2 heterocycles. The number of aromatic nitrogens is 2. The van der Waals surface area contributed by atoms with Crippen LogP contribution >= 0.6 is 0 Å². The molecule has 0 fully saturated rings. The highest BCUT2D eigenvalue weighted by molar-refractivity contribution is 5.93. The molecule has 2 aromatic heterocycles. The zero-order chi connectivity index (χ0) is 17.6. The summed E-state index contributed by atoms with van der Waals surface area (Å²) in [6.07, 6.45) is 5.42. The molecule has 0 saturated carbocycles. The molecule has 6 heteroatoms. The zero-order valence-electron chi connectivity index (χ0n) is 13.0. The van der Waals surface area contributed by atoms with Gasteiger partial charge in [-0.05, 0) is 28.5 Å². The number of H-pyrrole nitrogens is 1. The van der Waals surface area contributed by atoms with Gasteiger partial charge in [0.2, 0.25) is 0 Å². The van der Waals surface area contributed by atoms with Gasteiger partial charge >= 0.3 is 0 Å². The van der Waals surface area contributed by atoms with Gasteiger partial charge in [0.1, 0.15) is 17.0 Å². The van der Waals surface area contributed by atoms with Gasteiger partial charge in [-0.25, -0.2) is 0 Å². The van der Waals surface area contributed by atoms with Crippen molar-refractivity contribution in [2.24, 2.45) is 0 Å². The summed E-state index contributed by atoms with van der Waals surface area (Å²) in [4.78, 5) is 18.4. The van der Waals surface area contributed by atoms with Crippen LogP contribution in [0.3, 0.4) is 0 Å². The first-order valence-corrected chi connectivity index (χ1v) is 7.66. The molecule has 0 amide bonds. The molecular weight excluding hydrogens is 320 g/mol. The fourth-order valence-corrected chi connectivity index (χ4v) is 3.11. The van der Waals surface area contributed by atoms with Crippen molar-refractivity contribution in [2.75, 3.05) is 0 Å². The zero-order valence-corrected chi connectivity index (χ0v) is 13.0. The van der Waals surface area contributed by atoms with E-state index in [1.165, 1.54) is 6.07 Å². The van der Waals surface area contributed by atoms with E-state index < -0.39 is 5.56 Å². The first kappa shape index (κ1) is 15.0. The van der Waals surface area contributed by atoms with Crippen molar-refractivity contribution in [3.8, 4) is 11.6 Å². The van der Waals surface area contributed by atoms with Crippen molar-refractivity contribution in [1.29, 1.82) is 0 Å². The van der Waals surface area contributed by atoms with Crippen LogP contribution in [0.25, 0.3) is 28.8 Å². The highest BCUT2D eigenvalue weighted by Gasteiger charge is 2.12. The van der Waals surface area contributed by atoms with Gasteiger partial charge in [0, 0.05) is 24.1 Å². The summed E-state index contributed by atoms with van der Waals surface area (Å²) in [6.45, 7) is 0. The molecular formula is C19H14N2O4. The minimum Gasteiger partial charge on any atom is -0.511 e. The third kappa shape index (κ3) is 2.53. The van der Waals surface area contributed by atoms with Crippen LogP contribution in [-0.4, -0.2) is 25.3 Å². The van der Waals surface area contributed by atoms with E-state index in [1.54, 1.807) is 30.5 Å². The molecule has 0 radical (unpaired) electrons. The average Bonchev–Trinajstić information content (AvgIpc) is 2.56. The number of phenolic OH excluding ortho intramolecular Hbond substituents is 1. The van der Waals surface area contributed by atoms with Gasteiger partial charge in [0.15, 0.2) is 5.88 Å². The minimum atomic E-state index is -0.526. The summed E-state index contributed by atoms with van der Waals surface area (Å²) < 4.78 is 0. The number of hydrogen-bond acceptors (Lipinski definition) is 5. The first-order valence-electron chi connectivity index (χ1n) is 7.66. The van der Waals surface area contributed by atoms with Gasteiger partial charge < -0.3 is 15.3 Å². The second kappa shape index (κ2) is 5.52. The Morgan fingerprint density at radius 1 is 1.16 bits per heavy atom. The maximum absolute atomic E-state index is 11.9. The topological polar surface area (TPSA) is 106 Å². The van der Waals surface area contributed by atoms with Gasteiger partial charge in [0.05, 0.1) is 5.22 Å². The lowest BCUT2D eigenvalue weighted by atomic mass is 9.98. The number of phenols is 1. The summed E-state index contributed by atoms with van der Waals surface area (Å²) in [5.74, 6) is -0.207. The Morgan fingerprint density at radius 2 is 2.00 bits per heavy atom. The van der Waals surface area contributed by atoms with Crippen molar-refractivity contribution >= 4 is 28.8 Å². The maximum atomic E-state index is 11.9. The smallest absolute Gasteiger partial charge is 0.261 e. The van der Waals surface area contributed by atoms with Crippen molar-refractivity contribution in [1.82, 2.24) is 9.97 Å². The Morgan fingerprint density at radius 3 is 2.84 bits per heavy atom. The summed E-state index contributed by atoms with van der Waals surface area (Å²) in [5.41, 5.74) is 1.57. The number of fused-ring (bicyclic) bond motifs is 2. The number of aliphatic hydroxyl groups excluding tert-OH is 1. The Kier molecular flexibility index (Phi) is 3.32. The van der Waals surface area contributed by atoms with Crippen LogP contribution in [0.2, 0.25) is 0 Å². The lowest BCUT2D eigenvalue weighted by molar-refractivity contribution is 0.449. The van der Waals surface area contributed by atoms with Crippen LogP contribution in [0.5, 0.6) is 11.6 Å². The number of benzene rings is 1. The maximum Gasteiger partial charge on any atom is 0.261 e. The van der Waals surface area contributed by atoms with E-state index in [1.807, 2.05) is 12.1 Å². The fraction of sp³-hybridized carbons (Fsp3) is 0.0526. The van der Waals surface area contributed by atoms with E-state index in [0.717, 1.165) is 16.5 Å². The number of pyridine rings is 2. The lowest BCUT2D eigenvalue weighted by Crippen LogP contribution is -2.43. The molecule has 0 atom stereocenters. The highest BCUT2D eigenvalue weighted by Crippen LogP contribution is 2.28. The number of rotatable bonds is 1. The molecule has 4 N–H and O–H groups in total. The van der Waals surface area contributed by atoms with Crippen molar-refractivity contribution in [3.63, 3.8) is 0 Å². The molecule has 4 rings (SSSR count). The predicted octanol–water partition coefficient (Wildman–Crippen LogP) is 1.27. The molecule has 6 nitrogen and oxygen atoms in total. The van der Waals surface area contributed by atoms with Gasteiger partial charge in [-0.3, -0.25) is 14.8 Å². The van der Waals surface area contributed by atoms with E-state index in [-0.39, 0.29) is 29.0 Å². The molecule has 1 aliphatic carbocycles. The van der Waals surface area contributed by atoms with E-state index in [4.69, 9.17) is 0 Å². The summed E-state index contributed by atoms with van der Waals surface area (Å²) >= 11 is 0. The molecule has 1 aromatic carbocycles. The average molecular weight is 334 g/mol. The normalized spacial score (nSPS) is 15.2. The van der Waals surface area contributed by atoms with Gasteiger partial charge in [0.25, 0.3) is 5.56 Å². The Labute approximate surface area is 141 Å². The standard InChI is InChI=1S/C19H14N2O4/c22-14-4-3-11(13-2-1-5-20-18(13)14)6-10-7-12-9-16(24)21-19(25)17(12)15(23)8-10/h1-7,9,22-24H,8H2,(H,21,25). The summed E-state index contributed by atoms with van der Waals surface area (Å²) in [7, 11) is 0. The monoisotopic (exact) mass is 334 g/mol. The summed E-state index contributed by atoms with van der Waals surface area (Å²) in [5, 5.41) is 31.2. The molecule has 124 valence electrons. The number of hydrogen-bond donors (Lipinski definition) is 4. The predicted molar refractivity (Wildman–Crippen MR) is 94.5 cm³/mol. The van der Waals surface area contributed by atoms with Gasteiger partial charge in [-0.15, -0.1) is 0 Å². The van der Waals surface area contributed by atoms with E-state index in [9.17, 15) is 20.1 Å². The number of aliphatic hydroxyl groups is 1. The van der Waals surface area contributed by atoms with Gasteiger partial charge in [-0.1, -0.05) is 24.3 Å². The van der Waals surface area contributed by atoms with Crippen LogP contribution in [0.15, 0.2) is 46.9 Å². The number of nitrogens with zero attached hydrogens (tertiary/aromatic N) is 1. The van der Waals surface area contributed by atoms with Crippen molar-refractivity contribution < 1.29 is 15.3 Å². The van der Waals surface area contributed by atoms with E-state index >= 15 is 0 Å². The molecule has 0 unspecified atom stereocenters. The fourth-order valence-electron chi connectivity index (χ4n) is 3.11. The Hall–Kier alpha value is -3.54. The third-order valence-corrected chi connectivity index (χ3v) is 4.17. The second-order valence-electron chi connectivity index (χ2n) is 5.87. The number of aromatic amines is 1. The van der Waals surface area contributed by atoms with Crippen molar-refractivity contribution in [3.05, 3.63) is 68.5 Å². The van der Waals surface area contributed by atoms with Crippen molar-refractivity contribution in [2.45, 2.75) is 6.42 Å². The molecule has 3 aromatic rings. The Balaban J connectivity index is 1.94.